The Labute approximate surface area is 162 Å². The normalized spacial score (nSPS) is 19.0. The van der Waals surface area contributed by atoms with Crippen molar-refractivity contribution in [3.63, 3.8) is 0 Å². The van der Waals surface area contributed by atoms with Crippen molar-refractivity contribution in [2.24, 2.45) is 10.9 Å². The van der Waals surface area contributed by atoms with E-state index in [1.165, 1.54) is 122 Å². The summed E-state index contributed by atoms with van der Waals surface area (Å²) >= 11 is 0. The number of aliphatic imine (C=N–C) groups is 1. The van der Waals surface area contributed by atoms with Gasteiger partial charge in [0, 0.05) is 5.92 Å². The summed E-state index contributed by atoms with van der Waals surface area (Å²) < 4.78 is 0. The molecule has 2 atom stereocenters. The third kappa shape index (κ3) is 17.6. The van der Waals surface area contributed by atoms with Crippen molar-refractivity contribution in [3.05, 3.63) is 5.41 Å². The lowest BCUT2D eigenvalue weighted by molar-refractivity contribution is -0.908. The Hall–Kier alpha value is -1.17. The van der Waals surface area contributed by atoms with Crippen LogP contribution in [0, 0.1) is 17.4 Å². The zero-order chi connectivity index (χ0) is 19.3. The number of nitrogens with one attached hydrogen (secondary N) is 1. The lowest BCUT2D eigenvalue weighted by atomic mass is 10.00. The maximum atomic E-state index is 7.43. The van der Waals surface area contributed by atoms with Crippen LogP contribution in [-0.4, -0.2) is 25.6 Å². The summed E-state index contributed by atoms with van der Waals surface area (Å²) in [6.07, 6.45) is 21.8. The van der Waals surface area contributed by atoms with E-state index in [4.69, 9.17) is 10.7 Å². The summed E-state index contributed by atoms with van der Waals surface area (Å²) in [5.74, 6) is 0.978. The van der Waals surface area contributed by atoms with Gasteiger partial charge in [-0.1, -0.05) is 78.1 Å². The summed E-state index contributed by atoms with van der Waals surface area (Å²) in [5.41, 5.74) is 0. The second-order valence-corrected chi connectivity index (χ2v) is 7.90. The third-order valence-corrected chi connectivity index (χ3v) is 5.35. The van der Waals surface area contributed by atoms with E-state index in [9.17, 15) is 0 Å². The lowest BCUT2D eigenvalue weighted by Crippen LogP contribution is -3.13. The summed E-state index contributed by atoms with van der Waals surface area (Å²) in [6.45, 7) is 9.07. The van der Waals surface area contributed by atoms with Gasteiger partial charge in [0.2, 0.25) is 0 Å². The van der Waals surface area contributed by atoms with Crippen LogP contribution in [0.5, 0.6) is 0 Å². The molecule has 0 aromatic carbocycles. The van der Waals surface area contributed by atoms with Crippen LogP contribution in [0.25, 0.3) is 5.41 Å². The topological polar surface area (TPSA) is 62.9 Å². The van der Waals surface area contributed by atoms with Gasteiger partial charge in [0.15, 0.2) is 0 Å². The van der Waals surface area contributed by atoms with E-state index in [2.05, 4.69) is 18.8 Å². The lowest BCUT2D eigenvalue weighted by Gasteiger charge is -2.27. The first-order valence-corrected chi connectivity index (χ1v) is 11.1. The van der Waals surface area contributed by atoms with Gasteiger partial charge in [-0.3, -0.25) is 0 Å². The molecule has 4 nitrogen and oxygen atoms in total. The predicted octanol–water partition coefficient (Wildman–Crippen LogP) is 5.21. The van der Waals surface area contributed by atoms with Gasteiger partial charge < -0.3 is 15.3 Å². The molecule has 1 saturated heterocycles. The quantitative estimate of drug-likeness (QED) is 0.273. The second-order valence-electron chi connectivity index (χ2n) is 7.90. The van der Waals surface area contributed by atoms with Gasteiger partial charge in [0.05, 0.1) is 25.8 Å². The van der Waals surface area contributed by atoms with Crippen molar-refractivity contribution in [3.8, 4) is 6.19 Å². The van der Waals surface area contributed by atoms with Crippen LogP contribution in [0.3, 0.4) is 0 Å². The molecule has 2 unspecified atom stereocenters. The Morgan fingerprint density at radius 2 is 1.50 bits per heavy atom. The average Bonchev–Trinajstić information content (AvgIpc) is 2.64. The first kappa shape index (κ1) is 24.8. The molecule has 1 N–H and O–H groups in total. The smallest absolute Gasteiger partial charge is 0.0925 e. The number of unbranched alkanes of at least 4 members (excludes halogenated alkanes) is 11. The van der Waals surface area contributed by atoms with Gasteiger partial charge in [-0.15, -0.1) is 6.01 Å². The van der Waals surface area contributed by atoms with Crippen molar-refractivity contribution in [2.45, 2.75) is 104 Å². The number of hydrogen-bond donors (Lipinski definition) is 1. The molecule has 150 valence electrons. The fraction of sp³-hybridized carbons (Fsp3) is 0.909. The minimum absolute atomic E-state index is 0.978. The van der Waals surface area contributed by atoms with Crippen molar-refractivity contribution in [1.29, 1.82) is 5.26 Å². The van der Waals surface area contributed by atoms with Crippen molar-refractivity contribution in [2.75, 3.05) is 19.6 Å². The molecule has 0 bridgehead atoms. The van der Waals surface area contributed by atoms with E-state index in [0.717, 1.165) is 5.92 Å². The second kappa shape index (κ2) is 20.1. The molecule has 1 rings (SSSR count). The SMILES string of the molecule is CCCCCCCCCCCCCC[NH+]1CCCC(C)C1.N#CN=C=[N-]. The Kier molecular flexibility index (Phi) is 19.2. The van der Waals surface area contributed by atoms with E-state index in [0.29, 0.717) is 0 Å². The molecule has 4 heteroatoms. The number of nitriles is 1. The van der Waals surface area contributed by atoms with Gasteiger partial charge in [-0.2, -0.15) is 5.26 Å². The molecule has 0 aromatic rings. The predicted molar refractivity (Wildman–Crippen MR) is 111 cm³/mol. The van der Waals surface area contributed by atoms with Crippen LogP contribution in [0.1, 0.15) is 104 Å². The largest absolute Gasteiger partial charge is 0.422 e. The molecule has 1 heterocycles. The molecule has 0 spiro atoms. The highest BCUT2D eigenvalue weighted by Gasteiger charge is 2.18. The van der Waals surface area contributed by atoms with Crippen molar-refractivity contribution in [1.82, 2.24) is 0 Å². The standard InChI is InChI=1S/C20H41N.C2N3/c1-3-4-5-6-7-8-9-10-11-12-13-14-17-21-18-15-16-20(2)19-21;3-1-5-2-4/h20H,3-19H2,1-2H3;/q;-1/p+1. The van der Waals surface area contributed by atoms with Crippen LogP contribution in [-0.2, 0) is 0 Å². The Morgan fingerprint density at radius 1 is 0.962 bits per heavy atom. The van der Waals surface area contributed by atoms with Gasteiger partial charge in [-0.05, 0) is 25.7 Å². The first-order chi connectivity index (χ1) is 12.7. The molecule has 0 aromatic heterocycles. The number of quaternary nitrogens is 1. The third-order valence-electron chi connectivity index (χ3n) is 5.35. The zero-order valence-corrected chi connectivity index (χ0v) is 17.4. The summed E-state index contributed by atoms with van der Waals surface area (Å²) in [4.78, 5) is 4.47. The highest BCUT2D eigenvalue weighted by molar-refractivity contribution is 5.46. The van der Waals surface area contributed by atoms with Crippen molar-refractivity contribution < 1.29 is 4.90 Å². The maximum absolute atomic E-state index is 7.43. The van der Waals surface area contributed by atoms with Gasteiger partial charge in [-0.25, -0.2) is 0 Å². The molecule has 0 radical (unpaired) electrons. The van der Waals surface area contributed by atoms with Crippen LogP contribution in [0.4, 0.5) is 0 Å². The molecule has 26 heavy (non-hydrogen) atoms. The fourth-order valence-electron chi connectivity index (χ4n) is 3.86. The van der Waals surface area contributed by atoms with Crippen LogP contribution in [0.2, 0.25) is 0 Å². The summed E-state index contributed by atoms with van der Waals surface area (Å²) in [7, 11) is 0. The fourth-order valence-corrected chi connectivity index (χ4v) is 3.86. The number of likely N-dealkylation sites (tertiary alicyclic amines) is 1. The summed E-state index contributed by atoms with van der Waals surface area (Å²) in [5, 5.41) is 14.9. The molecule has 0 aliphatic carbocycles. The van der Waals surface area contributed by atoms with E-state index in [1.54, 1.807) is 0 Å². The summed E-state index contributed by atoms with van der Waals surface area (Å²) in [6, 6.07) is 1.28. The highest BCUT2D eigenvalue weighted by Crippen LogP contribution is 2.11. The minimum atomic E-state index is 0.978. The van der Waals surface area contributed by atoms with E-state index in [1.807, 2.05) is 4.90 Å². The van der Waals surface area contributed by atoms with E-state index in [-0.39, 0.29) is 0 Å². The molecular weight excluding hydrogens is 320 g/mol. The van der Waals surface area contributed by atoms with Crippen LogP contribution >= 0.6 is 0 Å². The zero-order valence-electron chi connectivity index (χ0n) is 17.4. The first-order valence-electron chi connectivity index (χ1n) is 11.1. The molecule has 0 amide bonds. The molecule has 1 aliphatic rings. The number of rotatable bonds is 13. The van der Waals surface area contributed by atoms with Gasteiger partial charge in [0.25, 0.3) is 0 Å². The maximum Gasteiger partial charge on any atom is 0.0925 e. The average molecular weight is 363 g/mol. The molecule has 0 saturated carbocycles. The molecule has 1 fully saturated rings. The number of nitrogens with zero attached hydrogens (tertiary/aromatic N) is 3. The van der Waals surface area contributed by atoms with E-state index >= 15 is 0 Å². The highest BCUT2D eigenvalue weighted by atomic mass is 15.1. The van der Waals surface area contributed by atoms with Crippen molar-refractivity contribution >= 4 is 6.01 Å². The molecule has 1 aliphatic heterocycles. The van der Waals surface area contributed by atoms with E-state index < -0.39 is 0 Å². The van der Waals surface area contributed by atoms with Crippen LogP contribution < -0.4 is 4.90 Å². The van der Waals surface area contributed by atoms with Gasteiger partial charge >= 0.3 is 0 Å². The van der Waals surface area contributed by atoms with Crippen LogP contribution in [0.15, 0.2) is 4.99 Å². The Balaban J connectivity index is 0.00000110. The van der Waals surface area contributed by atoms with Gasteiger partial charge in [0.1, 0.15) is 0 Å². The Bertz CT molecular complexity index is 382. The number of hydrogen-bond acceptors (Lipinski definition) is 2. The monoisotopic (exact) mass is 362 g/mol. The Morgan fingerprint density at radius 3 is 1.92 bits per heavy atom. The molecular formula is C22H42N4. The number of piperidine rings is 1. The minimum Gasteiger partial charge on any atom is -0.422 e.